The zero-order valence-corrected chi connectivity index (χ0v) is 21.8. The Bertz CT molecular complexity index is 1320. The van der Waals surface area contributed by atoms with Gasteiger partial charge in [0.15, 0.2) is 0 Å². The number of carbonyl (C=O) groups excluding carboxylic acids is 2. The monoisotopic (exact) mass is 529 g/mol. The number of amides is 2. The van der Waals surface area contributed by atoms with Gasteiger partial charge in [0.2, 0.25) is 11.8 Å². The van der Waals surface area contributed by atoms with Gasteiger partial charge in [0.1, 0.15) is 18.3 Å². The SMILES string of the molecule is CNC(=O)[C@H](C)N(Cc1cccc(OC)c1)C(=O)CN(c1ccccc1Cl)S(=O)(=O)c1ccccc1. The first-order valence-corrected chi connectivity index (χ1v) is 13.0. The number of nitrogens with zero attached hydrogens (tertiary/aromatic N) is 2. The molecule has 10 heteroatoms. The molecule has 0 aromatic heterocycles. The van der Waals surface area contributed by atoms with Crippen molar-refractivity contribution in [1.82, 2.24) is 10.2 Å². The van der Waals surface area contributed by atoms with Gasteiger partial charge in [-0.1, -0.05) is 54.1 Å². The molecule has 0 spiro atoms. The fourth-order valence-corrected chi connectivity index (χ4v) is 5.39. The highest BCUT2D eigenvalue weighted by Gasteiger charge is 2.33. The van der Waals surface area contributed by atoms with E-state index in [1.807, 2.05) is 0 Å². The topological polar surface area (TPSA) is 96.0 Å². The van der Waals surface area contributed by atoms with Gasteiger partial charge in [0, 0.05) is 13.6 Å². The summed E-state index contributed by atoms with van der Waals surface area (Å²) in [5.41, 5.74) is 0.874. The lowest BCUT2D eigenvalue weighted by atomic mass is 10.1. The van der Waals surface area contributed by atoms with Crippen molar-refractivity contribution in [2.24, 2.45) is 0 Å². The van der Waals surface area contributed by atoms with Crippen molar-refractivity contribution >= 4 is 39.1 Å². The first kappa shape index (κ1) is 27.0. The van der Waals surface area contributed by atoms with Gasteiger partial charge in [-0.2, -0.15) is 0 Å². The minimum atomic E-state index is -4.16. The molecule has 190 valence electrons. The van der Waals surface area contributed by atoms with Crippen LogP contribution in [0.4, 0.5) is 5.69 Å². The van der Waals surface area contributed by atoms with Crippen LogP contribution in [0.25, 0.3) is 0 Å². The molecule has 2 amide bonds. The Balaban J connectivity index is 2.03. The molecule has 0 saturated heterocycles. The fourth-order valence-electron chi connectivity index (χ4n) is 3.65. The maximum Gasteiger partial charge on any atom is 0.264 e. The number of rotatable bonds is 10. The number of para-hydroxylation sites is 1. The molecule has 0 aliphatic carbocycles. The highest BCUT2D eigenvalue weighted by Crippen LogP contribution is 2.30. The van der Waals surface area contributed by atoms with E-state index in [2.05, 4.69) is 5.32 Å². The molecular formula is C26H28ClN3O5S. The van der Waals surface area contributed by atoms with E-state index in [-0.39, 0.29) is 28.1 Å². The summed E-state index contributed by atoms with van der Waals surface area (Å²) in [5.74, 6) is -0.369. The van der Waals surface area contributed by atoms with Crippen LogP contribution < -0.4 is 14.4 Å². The number of benzene rings is 3. The Kier molecular flexibility index (Phi) is 8.95. The van der Waals surface area contributed by atoms with Gasteiger partial charge >= 0.3 is 0 Å². The number of ether oxygens (including phenoxy) is 1. The van der Waals surface area contributed by atoms with E-state index in [0.29, 0.717) is 11.3 Å². The summed E-state index contributed by atoms with van der Waals surface area (Å²) in [4.78, 5) is 27.6. The summed E-state index contributed by atoms with van der Waals surface area (Å²) in [5, 5.41) is 2.72. The van der Waals surface area contributed by atoms with Crippen molar-refractivity contribution in [3.05, 3.63) is 89.4 Å². The van der Waals surface area contributed by atoms with Crippen molar-refractivity contribution in [2.75, 3.05) is 25.0 Å². The van der Waals surface area contributed by atoms with Crippen LogP contribution in [0.3, 0.4) is 0 Å². The van der Waals surface area contributed by atoms with E-state index in [1.54, 1.807) is 67.6 Å². The fraction of sp³-hybridized carbons (Fsp3) is 0.231. The third kappa shape index (κ3) is 6.16. The predicted molar refractivity (Wildman–Crippen MR) is 139 cm³/mol. The molecule has 3 aromatic rings. The number of carbonyl (C=O) groups is 2. The summed E-state index contributed by atoms with van der Waals surface area (Å²) < 4.78 is 33.5. The Morgan fingerprint density at radius 3 is 2.31 bits per heavy atom. The normalized spacial score (nSPS) is 11.9. The molecule has 1 atom stereocenters. The molecule has 0 aliphatic heterocycles. The minimum Gasteiger partial charge on any atom is -0.497 e. The maximum atomic E-state index is 13.7. The van der Waals surface area contributed by atoms with Gasteiger partial charge in [0.25, 0.3) is 10.0 Å². The van der Waals surface area contributed by atoms with Gasteiger partial charge in [-0.25, -0.2) is 8.42 Å². The molecule has 3 rings (SSSR count). The molecule has 1 N–H and O–H groups in total. The van der Waals surface area contributed by atoms with E-state index < -0.39 is 28.5 Å². The molecule has 0 unspecified atom stereocenters. The van der Waals surface area contributed by atoms with Gasteiger partial charge in [0.05, 0.1) is 22.7 Å². The van der Waals surface area contributed by atoms with Crippen molar-refractivity contribution in [3.8, 4) is 5.75 Å². The zero-order valence-electron chi connectivity index (χ0n) is 20.2. The summed E-state index contributed by atoms with van der Waals surface area (Å²) >= 11 is 6.37. The largest absolute Gasteiger partial charge is 0.497 e. The molecule has 0 aliphatic rings. The second-order valence-electron chi connectivity index (χ2n) is 7.94. The highest BCUT2D eigenvalue weighted by molar-refractivity contribution is 7.92. The van der Waals surface area contributed by atoms with E-state index >= 15 is 0 Å². The molecule has 3 aromatic carbocycles. The van der Waals surface area contributed by atoms with Gasteiger partial charge < -0.3 is 15.0 Å². The van der Waals surface area contributed by atoms with Crippen LogP contribution in [-0.2, 0) is 26.2 Å². The number of sulfonamides is 1. The second kappa shape index (κ2) is 11.9. The third-order valence-corrected chi connectivity index (χ3v) is 7.73. The van der Waals surface area contributed by atoms with Gasteiger partial charge in [-0.05, 0) is 48.9 Å². The van der Waals surface area contributed by atoms with Crippen molar-refractivity contribution < 1.29 is 22.7 Å². The second-order valence-corrected chi connectivity index (χ2v) is 10.2. The Morgan fingerprint density at radius 1 is 1.00 bits per heavy atom. The minimum absolute atomic E-state index is 0.0106. The summed E-state index contributed by atoms with van der Waals surface area (Å²) in [6, 6.07) is 20.4. The molecule has 8 nitrogen and oxygen atoms in total. The van der Waals surface area contributed by atoms with Crippen molar-refractivity contribution in [1.29, 1.82) is 0 Å². The lowest BCUT2D eigenvalue weighted by Crippen LogP contribution is -2.50. The number of nitrogens with one attached hydrogen (secondary N) is 1. The predicted octanol–water partition coefficient (Wildman–Crippen LogP) is 3.71. The van der Waals surface area contributed by atoms with E-state index in [4.69, 9.17) is 16.3 Å². The lowest BCUT2D eigenvalue weighted by molar-refractivity contribution is -0.139. The lowest BCUT2D eigenvalue weighted by Gasteiger charge is -2.32. The smallest absolute Gasteiger partial charge is 0.264 e. The number of likely N-dealkylation sites (N-methyl/N-ethyl adjacent to an activating group) is 1. The summed E-state index contributed by atoms with van der Waals surface area (Å²) in [7, 11) is -1.15. The number of methoxy groups -OCH3 is 1. The summed E-state index contributed by atoms with van der Waals surface area (Å²) in [6.45, 7) is 1.08. The first-order valence-electron chi connectivity index (χ1n) is 11.2. The van der Waals surface area contributed by atoms with Crippen LogP contribution in [-0.4, -0.2) is 51.9 Å². The van der Waals surface area contributed by atoms with Gasteiger partial charge in [-0.3, -0.25) is 13.9 Å². The molecule has 0 saturated carbocycles. The summed E-state index contributed by atoms with van der Waals surface area (Å²) in [6.07, 6.45) is 0. The average molecular weight is 530 g/mol. The molecule has 36 heavy (non-hydrogen) atoms. The molecule has 0 heterocycles. The van der Waals surface area contributed by atoms with E-state index in [9.17, 15) is 18.0 Å². The van der Waals surface area contributed by atoms with Crippen molar-refractivity contribution in [3.63, 3.8) is 0 Å². The quantitative estimate of drug-likeness (QED) is 0.432. The third-order valence-electron chi connectivity index (χ3n) is 5.63. The Labute approximate surface area is 216 Å². The molecule has 0 radical (unpaired) electrons. The molecular weight excluding hydrogens is 502 g/mol. The molecule has 0 fully saturated rings. The highest BCUT2D eigenvalue weighted by atomic mass is 35.5. The first-order chi connectivity index (χ1) is 17.2. The number of halogens is 1. The van der Waals surface area contributed by atoms with Gasteiger partial charge in [-0.15, -0.1) is 0 Å². The molecule has 0 bridgehead atoms. The van der Waals surface area contributed by atoms with E-state index in [1.165, 1.54) is 37.3 Å². The number of anilines is 1. The maximum absolute atomic E-state index is 13.7. The van der Waals surface area contributed by atoms with Crippen LogP contribution in [0.2, 0.25) is 5.02 Å². The van der Waals surface area contributed by atoms with E-state index in [0.717, 1.165) is 4.31 Å². The Hall–Kier alpha value is -3.56. The number of hydrogen-bond donors (Lipinski definition) is 1. The van der Waals surface area contributed by atoms with Crippen molar-refractivity contribution in [2.45, 2.75) is 24.4 Å². The Morgan fingerprint density at radius 2 is 1.67 bits per heavy atom. The van der Waals surface area contributed by atoms with Crippen LogP contribution in [0, 0.1) is 0 Å². The van der Waals surface area contributed by atoms with Crippen LogP contribution >= 0.6 is 11.6 Å². The standard InChI is InChI=1S/C26H28ClN3O5S/c1-19(26(32)28-2)29(17-20-10-9-11-21(16-20)35-3)25(31)18-30(24-15-8-7-14-23(24)27)36(33,34)22-12-5-4-6-13-22/h4-16,19H,17-18H2,1-3H3,(H,28,32)/t19-/m0/s1. The average Bonchev–Trinajstić information content (AvgIpc) is 2.90. The number of hydrogen-bond acceptors (Lipinski definition) is 5. The zero-order chi connectivity index (χ0) is 26.3. The van der Waals surface area contributed by atoms with Crippen LogP contribution in [0.15, 0.2) is 83.8 Å². The van der Waals surface area contributed by atoms with Crippen LogP contribution in [0.1, 0.15) is 12.5 Å². The van der Waals surface area contributed by atoms with Crippen LogP contribution in [0.5, 0.6) is 5.75 Å².